The fourth-order valence-corrected chi connectivity index (χ4v) is 2.11. The van der Waals surface area contributed by atoms with Crippen LogP contribution in [0.25, 0.3) is 11.5 Å². The lowest BCUT2D eigenvalue weighted by molar-refractivity contribution is 0.0519. The summed E-state index contributed by atoms with van der Waals surface area (Å²) in [6, 6.07) is 15.3. The predicted octanol–water partition coefficient (Wildman–Crippen LogP) is 2.84. The van der Waals surface area contributed by atoms with E-state index in [0.29, 0.717) is 12.3 Å². The lowest BCUT2D eigenvalue weighted by Crippen LogP contribution is -2.07. The van der Waals surface area contributed by atoms with Crippen molar-refractivity contribution in [2.45, 2.75) is 6.92 Å². The number of aromatic nitrogens is 3. The maximum atomic E-state index is 11.9. The molecule has 0 amide bonds. The fourth-order valence-electron chi connectivity index (χ4n) is 2.11. The molecule has 0 radical (unpaired) electrons. The monoisotopic (exact) mass is 281 g/mol. The highest BCUT2D eigenvalue weighted by Crippen LogP contribution is 2.17. The summed E-state index contributed by atoms with van der Waals surface area (Å²) in [7, 11) is 0. The Kier molecular flexibility index (Phi) is 3.55. The molecular weight excluding hydrogens is 266 g/mol. The van der Waals surface area contributed by atoms with E-state index in [1.807, 2.05) is 59.4 Å². The predicted molar refractivity (Wildman–Crippen MR) is 78.8 cm³/mol. The third-order valence-electron chi connectivity index (χ3n) is 3.04. The topological polar surface area (TPSA) is 49.0 Å². The molecule has 0 N–H and O–H groups in total. The molecule has 106 valence electrons. The first-order valence-electron chi connectivity index (χ1n) is 6.75. The average molecular weight is 281 g/mol. The quantitative estimate of drug-likeness (QED) is 0.691. The lowest BCUT2D eigenvalue weighted by Gasteiger charge is -2.07. The molecule has 2 aromatic heterocycles. The van der Waals surface area contributed by atoms with E-state index < -0.39 is 5.97 Å². The minimum atomic E-state index is -0.416. The lowest BCUT2D eigenvalue weighted by atomic mass is 10.3. The van der Waals surface area contributed by atoms with Gasteiger partial charge in [0.15, 0.2) is 5.69 Å². The highest BCUT2D eigenvalue weighted by atomic mass is 16.5. The molecule has 3 rings (SSSR count). The van der Waals surface area contributed by atoms with E-state index in [-0.39, 0.29) is 0 Å². The Morgan fingerprint density at radius 2 is 1.86 bits per heavy atom. The van der Waals surface area contributed by atoms with Gasteiger partial charge >= 0.3 is 5.97 Å². The second-order valence-electron chi connectivity index (χ2n) is 4.45. The number of para-hydroxylation sites is 1. The van der Waals surface area contributed by atoms with Crippen LogP contribution in [0.15, 0.2) is 60.9 Å². The number of rotatable bonds is 4. The molecule has 5 nitrogen and oxygen atoms in total. The Hall–Kier alpha value is -2.82. The number of esters is 1. The average Bonchev–Trinajstić information content (AvgIpc) is 3.17. The normalized spacial score (nSPS) is 10.5. The van der Waals surface area contributed by atoms with Gasteiger partial charge in [-0.05, 0) is 31.2 Å². The van der Waals surface area contributed by atoms with Crippen molar-refractivity contribution in [3.8, 4) is 11.5 Å². The third-order valence-corrected chi connectivity index (χ3v) is 3.04. The fraction of sp³-hybridized carbons (Fsp3) is 0.125. The number of hydrogen-bond donors (Lipinski definition) is 0. The molecule has 1 aromatic carbocycles. The zero-order valence-corrected chi connectivity index (χ0v) is 11.6. The molecule has 5 heteroatoms. The van der Waals surface area contributed by atoms with Gasteiger partial charge in [-0.15, -0.1) is 0 Å². The van der Waals surface area contributed by atoms with E-state index in [9.17, 15) is 4.79 Å². The van der Waals surface area contributed by atoms with Crippen LogP contribution >= 0.6 is 0 Å². The number of benzene rings is 1. The Balaban J connectivity index is 2.11. The standard InChI is InChI=1S/C16H15N3O2/c1-2-21-16(20)14-12-15(18-10-6-7-11-18)19(17-14)13-8-4-3-5-9-13/h3-12H,2H2,1H3. The summed E-state index contributed by atoms with van der Waals surface area (Å²) in [5, 5.41) is 4.38. The van der Waals surface area contributed by atoms with Crippen LogP contribution in [0, 0.1) is 0 Å². The van der Waals surface area contributed by atoms with Crippen LogP contribution < -0.4 is 0 Å². The molecule has 3 aromatic rings. The van der Waals surface area contributed by atoms with Crippen molar-refractivity contribution in [1.29, 1.82) is 0 Å². The molecule has 0 unspecified atom stereocenters. The van der Waals surface area contributed by atoms with Crippen molar-refractivity contribution < 1.29 is 9.53 Å². The van der Waals surface area contributed by atoms with Gasteiger partial charge in [-0.3, -0.25) is 0 Å². The number of ether oxygens (including phenoxy) is 1. The van der Waals surface area contributed by atoms with E-state index in [1.165, 1.54) is 0 Å². The molecular formula is C16H15N3O2. The molecule has 0 fully saturated rings. The molecule has 0 bridgehead atoms. The van der Waals surface area contributed by atoms with Crippen LogP contribution in [0.5, 0.6) is 0 Å². The molecule has 0 atom stereocenters. The van der Waals surface area contributed by atoms with Crippen molar-refractivity contribution in [3.05, 3.63) is 66.6 Å². The second-order valence-corrected chi connectivity index (χ2v) is 4.45. The Bertz CT molecular complexity index is 730. The van der Waals surface area contributed by atoms with Gasteiger partial charge in [-0.25, -0.2) is 9.48 Å². The minimum Gasteiger partial charge on any atom is -0.461 e. The first-order valence-corrected chi connectivity index (χ1v) is 6.75. The molecule has 0 saturated heterocycles. The van der Waals surface area contributed by atoms with Crippen LogP contribution in [0.3, 0.4) is 0 Å². The van der Waals surface area contributed by atoms with Gasteiger partial charge in [0.05, 0.1) is 12.3 Å². The van der Waals surface area contributed by atoms with Crippen molar-refractivity contribution in [1.82, 2.24) is 14.3 Å². The van der Waals surface area contributed by atoms with Crippen molar-refractivity contribution in [2.75, 3.05) is 6.61 Å². The number of nitrogens with zero attached hydrogens (tertiary/aromatic N) is 3. The van der Waals surface area contributed by atoms with Crippen molar-refractivity contribution >= 4 is 5.97 Å². The highest BCUT2D eigenvalue weighted by molar-refractivity contribution is 5.87. The van der Waals surface area contributed by atoms with Crippen LogP contribution in [-0.4, -0.2) is 26.9 Å². The molecule has 0 aliphatic rings. The van der Waals surface area contributed by atoms with Crippen LogP contribution in [0.2, 0.25) is 0 Å². The first kappa shape index (κ1) is 13.2. The van der Waals surface area contributed by atoms with Crippen molar-refractivity contribution in [2.24, 2.45) is 0 Å². The molecule has 2 heterocycles. The summed E-state index contributed by atoms with van der Waals surface area (Å²) >= 11 is 0. The van der Waals surface area contributed by atoms with E-state index in [1.54, 1.807) is 17.7 Å². The van der Waals surface area contributed by atoms with Gasteiger partial charge in [0.2, 0.25) is 0 Å². The van der Waals surface area contributed by atoms with Crippen LogP contribution in [-0.2, 0) is 4.74 Å². The van der Waals surface area contributed by atoms with Gasteiger partial charge < -0.3 is 9.30 Å². The zero-order chi connectivity index (χ0) is 14.7. The van der Waals surface area contributed by atoms with E-state index in [2.05, 4.69) is 5.10 Å². The number of hydrogen-bond acceptors (Lipinski definition) is 3. The summed E-state index contributed by atoms with van der Waals surface area (Å²) in [5.74, 6) is 0.370. The summed E-state index contributed by atoms with van der Waals surface area (Å²) in [6.45, 7) is 2.11. The highest BCUT2D eigenvalue weighted by Gasteiger charge is 2.17. The molecule has 0 aliphatic heterocycles. The van der Waals surface area contributed by atoms with Gasteiger partial charge in [-0.1, -0.05) is 18.2 Å². The van der Waals surface area contributed by atoms with E-state index in [0.717, 1.165) is 11.5 Å². The number of carbonyl (C=O) groups is 1. The Morgan fingerprint density at radius 1 is 1.14 bits per heavy atom. The summed E-state index contributed by atoms with van der Waals surface area (Å²) < 4.78 is 8.66. The van der Waals surface area contributed by atoms with Gasteiger partial charge in [0, 0.05) is 18.5 Å². The van der Waals surface area contributed by atoms with Gasteiger partial charge in [0.1, 0.15) is 5.82 Å². The Labute approximate surface area is 122 Å². The first-order chi connectivity index (χ1) is 10.3. The largest absolute Gasteiger partial charge is 0.461 e. The maximum absolute atomic E-state index is 11.9. The maximum Gasteiger partial charge on any atom is 0.358 e. The van der Waals surface area contributed by atoms with Crippen molar-refractivity contribution in [3.63, 3.8) is 0 Å². The minimum absolute atomic E-state index is 0.296. The Morgan fingerprint density at radius 3 is 2.52 bits per heavy atom. The molecule has 0 spiro atoms. The SMILES string of the molecule is CCOC(=O)c1cc(-n2cccc2)n(-c2ccccc2)n1. The molecule has 0 saturated carbocycles. The smallest absolute Gasteiger partial charge is 0.358 e. The molecule has 0 aliphatic carbocycles. The van der Waals surface area contributed by atoms with Crippen LogP contribution in [0.1, 0.15) is 17.4 Å². The summed E-state index contributed by atoms with van der Waals surface area (Å²) in [5.41, 5.74) is 1.18. The zero-order valence-electron chi connectivity index (χ0n) is 11.6. The summed E-state index contributed by atoms with van der Waals surface area (Å²) in [4.78, 5) is 11.9. The molecule has 21 heavy (non-hydrogen) atoms. The second kappa shape index (κ2) is 5.66. The summed E-state index contributed by atoms with van der Waals surface area (Å²) in [6.07, 6.45) is 3.82. The van der Waals surface area contributed by atoms with Gasteiger partial charge in [-0.2, -0.15) is 5.10 Å². The van der Waals surface area contributed by atoms with Gasteiger partial charge in [0.25, 0.3) is 0 Å². The van der Waals surface area contributed by atoms with E-state index >= 15 is 0 Å². The van der Waals surface area contributed by atoms with E-state index in [4.69, 9.17) is 4.74 Å². The number of carbonyl (C=O) groups excluding carboxylic acids is 1. The third kappa shape index (κ3) is 2.58. The van der Waals surface area contributed by atoms with Crippen LogP contribution in [0.4, 0.5) is 0 Å².